The maximum absolute atomic E-state index is 12.9. The van der Waals surface area contributed by atoms with Crippen LogP contribution in [0.4, 0.5) is 4.39 Å². The summed E-state index contributed by atoms with van der Waals surface area (Å²) in [5.41, 5.74) is 7.10. The molecule has 1 atom stereocenters. The molecule has 1 aromatic carbocycles. The summed E-state index contributed by atoms with van der Waals surface area (Å²) in [5.74, 6) is 0.196. The number of rotatable bonds is 2. The highest BCUT2D eigenvalue weighted by atomic mass is 35.5. The molecule has 0 aromatic heterocycles. The van der Waals surface area contributed by atoms with Gasteiger partial charge in [-0.1, -0.05) is 36.9 Å². The van der Waals surface area contributed by atoms with Gasteiger partial charge in [0.2, 0.25) is 0 Å². The van der Waals surface area contributed by atoms with Crippen molar-refractivity contribution < 1.29 is 4.39 Å². The predicted octanol–water partition coefficient (Wildman–Crippen LogP) is 4.48. The number of hydrogen-bond donors (Lipinski definition) is 1. The molecule has 2 N–H and O–H groups in total. The first-order chi connectivity index (χ1) is 7.68. The van der Waals surface area contributed by atoms with E-state index in [-0.39, 0.29) is 24.3 Å². The van der Waals surface area contributed by atoms with E-state index in [1.54, 1.807) is 6.07 Å². The normalized spacial score (nSPS) is 18.5. The molecule has 1 aromatic rings. The fourth-order valence-electron chi connectivity index (χ4n) is 2.52. The van der Waals surface area contributed by atoms with Crippen molar-refractivity contribution in [3.8, 4) is 0 Å². The third-order valence-electron chi connectivity index (χ3n) is 3.48. The van der Waals surface area contributed by atoms with E-state index in [0.29, 0.717) is 10.9 Å². The third-order valence-corrected chi connectivity index (χ3v) is 3.81. The molecule has 0 bridgehead atoms. The van der Waals surface area contributed by atoms with Crippen molar-refractivity contribution in [2.45, 2.75) is 38.1 Å². The average Bonchev–Trinajstić information content (AvgIpc) is 2.29. The molecule has 1 nitrogen and oxygen atoms in total. The largest absolute Gasteiger partial charge is 0.324 e. The summed E-state index contributed by atoms with van der Waals surface area (Å²) >= 11 is 6.02. The van der Waals surface area contributed by atoms with Gasteiger partial charge < -0.3 is 5.73 Å². The molecule has 17 heavy (non-hydrogen) atoms. The van der Waals surface area contributed by atoms with Gasteiger partial charge in [0.15, 0.2) is 0 Å². The maximum Gasteiger partial charge on any atom is 0.124 e. The molecule has 1 saturated carbocycles. The topological polar surface area (TPSA) is 26.0 Å². The van der Waals surface area contributed by atoms with Crippen LogP contribution in [0.25, 0.3) is 0 Å². The molecule has 0 unspecified atom stereocenters. The molecule has 0 spiro atoms. The fourth-order valence-corrected chi connectivity index (χ4v) is 2.81. The zero-order valence-corrected chi connectivity index (χ0v) is 11.2. The van der Waals surface area contributed by atoms with Gasteiger partial charge in [-0.25, -0.2) is 4.39 Å². The van der Waals surface area contributed by atoms with Crippen molar-refractivity contribution in [2.75, 3.05) is 0 Å². The second kappa shape index (κ2) is 6.58. The Morgan fingerprint density at radius 3 is 2.47 bits per heavy atom. The summed E-state index contributed by atoms with van der Waals surface area (Å²) in [7, 11) is 0. The Hall–Kier alpha value is -0.310. The van der Waals surface area contributed by atoms with Crippen LogP contribution in [0.2, 0.25) is 5.02 Å². The molecule has 1 aliphatic rings. The summed E-state index contributed by atoms with van der Waals surface area (Å²) < 4.78 is 12.9. The van der Waals surface area contributed by atoms with Gasteiger partial charge in [-0.15, -0.1) is 12.4 Å². The van der Waals surface area contributed by atoms with E-state index in [0.717, 1.165) is 18.4 Å². The second-order valence-electron chi connectivity index (χ2n) is 4.59. The fraction of sp³-hybridized carbons (Fsp3) is 0.538. The van der Waals surface area contributed by atoms with Crippen molar-refractivity contribution in [2.24, 2.45) is 11.7 Å². The van der Waals surface area contributed by atoms with Crippen LogP contribution < -0.4 is 5.73 Å². The third kappa shape index (κ3) is 3.57. The summed E-state index contributed by atoms with van der Waals surface area (Å²) in [4.78, 5) is 0. The highest BCUT2D eigenvalue weighted by Crippen LogP contribution is 2.35. The van der Waals surface area contributed by atoms with E-state index in [1.807, 2.05) is 0 Å². The van der Waals surface area contributed by atoms with Crippen LogP contribution in [0.3, 0.4) is 0 Å². The number of benzene rings is 1. The van der Waals surface area contributed by atoms with Gasteiger partial charge in [-0.2, -0.15) is 0 Å². The van der Waals surface area contributed by atoms with Gasteiger partial charge >= 0.3 is 0 Å². The lowest BCUT2D eigenvalue weighted by Crippen LogP contribution is -2.23. The molecular formula is C13H18Cl2FN. The van der Waals surface area contributed by atoms with Crippen LogP contribution in [0.1, 0.15) is 43.7 Å². The summed E-state index contributed by atoms with van der Waals surface area (Å²) in [6.07, 6.45) is 6.12. The summed E-state index contributed by atoms with van der Waals surface area (Å²) in [6.45, 7) is 0. The van der Waals surface area contributed by atoms with Crippen LogP contribution in [-0.4, -0.2) is 0 Å². The van der Waals surface area contributed by atoms with Crippen molar-refractivity contribution >= 4 is 24.0 Å². The van der Waals surface area contributed by atoms with Crippen LogP contribution in [0.5, 0.6) is 0 Å². The molecular weight excluding hydrogens is 260 g/mol. The number of nitrogens with two attached hydrogens (primary N) is 1. The van der Waals surface area contributed by atoms with E-state index >= 15 is 0 Å². The summed E-state index contributed by atoms with van der Waals surface area (Å²) in [5, 5.41) is 0.457. The van der Waals surface area contributed by atoms with E-state index in [1.165, 1.54) is 31.4 Å². The Morgan fingerprint density at radius 2 is 1.88 bits per heavy atom. The first kappa shape index (κ1) is 14.7. The SMILES string of the molecule is Cl.N[C@H](c1ccc(F)cc1Cl)C1CCCCC1. The molecule has 2 rings (SSSR count). The Bertz CT molecular complexity index is 364. The van der Waals surface area contributed by atoms with Gasteiger partial charge in [-0.3, -0.25) is 0 Å². The number of halogens is 3. The van der Waals surface area contributed by atoms with Gasteiger partial charge in [-0.05, 0) is 36.5 Å². The van der Waals surface area contributed by atoms with Crippen LogP contribution >= 0.6 is 24.0 Å². The molecule has 0 radical (unpaired) electrons. The van der Waals surface area contributed by atoms with Gasteiger partial charge in [0.05, 0.1) is 0 Å². The van der Waals surface area contributed by atoms with Crippen molar-refractivity contribution in [3.05, 3.63) is 34.6 Å². The standard InChI is InChI=1S/C13H17ClFN.ClH/c14-12-8-10(15)6-7-11(12)13(16)9-4-2-1-3-5-9;/h6-9,13H,1-5,16H2;1H/t13-;/m0./s1. The Kier molecular flexibility index (Phi) is 5.71. The Balaban J connectivity index is 0.00000144. The van der Waals surface area contributed by atoms with Crippen molar-refractivity contribution in [1.82, 2.24) is 0 Å². The molecule has 96 valence electrons. The lowest BCUT2D eigenvalue weighted by Gasteiger charge is -2.28. The lowest BCUT2D eigenvalue weighted by molar-refractivity contribution is 0.308. The zero-order chi connectivity index (χ0) is 11.5. The lowest BCUT2D eigenvalue weighted by atomic mass is 9.81. The molecule has 0 aliphatic heterocycles. The maximum atomic E-state index is 12.9. The van der Waals surface area contributed by atoms with E-state index in [9.17, 15) is 4.39 Å². The molecule has 1 fully saturated rings. The monoisotopic (exact) mass is 277 g/mol. The van der Waals surface area contributed by atoms with Gasteiger partial charge in [0, 0.05) is 11.1 Å². The molecule has 0 saturated heterocycles. The molecule has 4 heteroatoms. The molecule has 0 heterocycles. The Morgan fingerprint density at radius 1 is 1.24 bits per heavy atom. The van der Waals surface area contributed by atoms with Crippen molar-refractivity contribution in [3.63, 3.8) is 0 Å². The minimum atomic E-state index is -0.301. The first-order valence-electron chi connectivity index (χ1n) is 5.89. The highest BCUT2D eigenvalue weighted by Gasteiger charge is 2.23. The average molecular weight is 278 g/mol. The quantitative estimate of drug-likeness (QED) is 0.848. The van der Waals surface area contributed by atoms with Crippen molar-refractivity contribution in [1.29, 1.82) is 0 Å². The minimum Gasteiger partial charge on any atom is -0.324 e. The Labute approximate surface area is 113 Å². The minimum absolute atomic E-state index is 0. The molecule has 1 aliphatic carbocycles. The van der Waals surface area contributed by atoms with Gasteiger partial charge in [0.1, 0.15) is 5.82 Å². The molecule has 0 amide bonds. The van der Waals surface area contributed by atoms with E-state index < -0.39 is 0 Å². The van der Waals surface area contributed by atoms with E-state index in [2.05, 4.69) is 0 Å². The number of hydrogen-bond acceptors (Lipinski definition) is 1. The first-order valence-corrected chi connectivity index (χ1v) is 6.27. The smallest absolute Gasteiger partial charge is 0.124 e. The summed E-state index contributed by atoms with van der Waals surface area (Å²) in [6, 6.07) is 4.45. The van der Waals surface area contributed by atoms with Gasteiger partial charge in [0.25, 0.3) is 0 Å². The zero-order valence-electron chi connectivity index (χ0n) is 9.66. The van der Waals surface area contributed by atoms with Crippen LogP contribution in [-0.2, 0) is 0 Å². The highest BCUT2D eigenvalue weighted by molar-refractivity contribution is 6.31. The van der Waals surface area contributed by atoms with Crippen LogP contribution in [0, 0.1) is 11.7 Å². The van der Waals surface area contributed by atoms with E-state index in [4.69, 9.17) is 17.3 Å². The van der Waals surface area contributed by atoms with Crippen LogP contribution in [0.15, 0.2) is 18.2 Å². The second-order valence-corrected chi connectivity index (χ2v) is 5.00. The predicted molar refractivity (Wildman–Crippen MR) is 72.2 cm³/mol.